The van der Waals surface area contributed by atoms with E-state index in [1.807, 2.05) is 0 Å². The average molecular weight is 366 g/mol. The number of rotatable bonds is 7. The van der Waals surface area contributed by atoms with Crippen LogP contribution in [0.25, 0.3) is 0 Å². The third kappa shape index (κ3) is 6.51. The molecule has 1 aromatic rings. The molecule has 0 spiro atoms. The molecular formula is C18H27FN4O3. The second-order valence-electron chi connectivity index (χ2n) is 6.42. The third-order valence-electron chi connectivity index (χ3n) is 4.07. The van der Waals surface area contributed by atoms with Gasteiger partial charge >= 0.3 is 0 Å². The summed E-state index contributed by atoms with van der Waals surface area (Å²) in [7, 11) is 4.89. The van der Waals surface area contributed by atoms with Crippen LogP contribution in [0.4, 0.5) is 4.39 Å². The Hall–Kier alpha value is -2.35. The van der Waals surface area contributed by atoms with Crippen LogP contribution in [-0.2, 0) is 16.1 Å². The van der Waals surface area contributed by atoms with E-state index in [0.717, 1.165) is 19.6 Å². The molecule has 0 saturated carbocycles. The van der Waals surface area contributed by atoms with Crippen molar-refractivity contribution in [2.75, 3.05) is 47.5 Å². The molecule has 0 aliphatic carbocycles. The highest BCUT2D eigenvalue weighted by molar-refractivity contribution is 5.86. The van der Waals surface area contributed by atoms with Gasteiger partial charge in [0.05, 0.1) is 26.8 Å². The lowest BCUT2D eigenvalue weighted by Crippen LogP contribution is -2.44. The van der Waals surface area contributed by atoms with Crippen LogP contribution in [0.1, 0.15) is 12.0 Å². The van der Waals surface area contributed by atoms with Crippen molar-refractivity contribution in [3.63, 3.8) is 0 Å². The van der Waals surface area contributed by atoms with Crippen LogP contribution < -0.4 is 15.4 Å². The van der Waals surface area contributed by atoms with Gasteiger partial charge in [-0.05, 0) is 24.1 Å². The van der Waals surface area contributed by atoms with Crippen LogP contribution in [0, 0.1) is 11.7 Å². The first-order valence-corrected chi connectivity index (χ1v) is 8.61. The number of likely N-dealkylation sites (N-methyl/N-ethyl adjacent to an activating group) is 1. The number of nitrogens with one attached hydrogen (secondary N) is 2. The standard InChI is InChI=1S/C18H27FN4O3/c1-23(2)17(24)11-22-18(20-9-13-4-5-26-12-13)21-10-14-6-15(19)8-16(7-14)25-3/h6-8,13H,4-5,9-12H2,1-3H3,(H2,20,21,22). The fraction of sp³-hybridized carbons (Fsp3) is 0.556. The topological polar surface area (TPSA) is 75.2 Å². The van der Waals surface area contributed by atoms with Crippen LogP contribution in [0.5, 0.6) is 5.75 Å². The molecule has 144 valence electrons. The van der Waals surface area contributed by atoms with Crippen molar-refractivity contribution in [3.8, 4) is 5.75 Å². The minimum absolute atomic E-state index is 0.0591. The van der Waals surface area contributed by atoms with E-state index in [1.54, 1.807) is 20.2 Å². The minimum Gasteiger partial charge on any atom is -0.497 e. The van der Waals surface area contributed by atoms with E-state index in [0.29, 0.717) is 29.7 Å². The van der Waals surface area contributed by atoms with Crippen molar-refractivity contribution in [1.29, 1.82) is 0 Å². The summed E-state index contributed by atoms with van der Waals surface area (Å²) in [5, 5.41) is 6.25. The van der Waals surface area contributed by atoms with E-state index in [-0.39, 0.29) is 24.8 Å². The number of carbonyl (C=O) groups excluding carboxylic acids is 1. The van der Waals surface area contributed by atoms with Crippen LogP contribution in [0.2, 0.25) is 0 Å². The number of guanidine groups is 1. The first-order chi connectivity index (χ1) is 12.5. The Morgan fingerprint density at radius 1 is 1.38 bits per heavy atom. The van der Waals surface area contributed by atoms with Gasteiger partial charge in [0.15, 0.2) is 5.96 Å². The Kier molecular flexibility index (Phi) is 7.65. The molecule has 1 atom stereocenters. The van der Waals surface area contributed by atoms with Crippen molar-refractivity contribution in [2.24, 2.45) is 10.9 Å². The fourth-order valence-corrected chi connectivity index (χ4v) is 2.48. The molecule has 1 aliphatic heterocycles. The van der Waals surface area contributed by atoms with Crippen LogP contribution in [0.3, 0.4) is 0 Å². The number of carbonyl (C=O) groups is 1. The number of methoxy groups -OCH3 is 1. The highest BCUT2D eigenvalue weighted by Crippen LogP contribution is 2.16. The molecule has 1 unspecified atom stereocenters. The van der Waals surface area contributed by atoms with Gasteiger partial charge in [0.1, 0.15) is 11.6 Å². The average Bonchev–Trinajstić information content (AvgIpc) is 3.13. The molecule has 0 aromatic heterocycles. The molecule has 1 fully saturated rings. The number of hydrogen-bond acceptors (Lipinski definition) is 4. The summed E-state index contributed by atoms with van der Waals surface area (Å²) in [5.74, 6) is 0.943. The zero-order valence-electron chi connectivity index (χ0n) is 15.5. The lowest BCUT2D eigenvalue weighted by molar-refractivity contribution is -0.127. The molecule has 1 aromatic carbocycles. The van der Waals surface area contributed by atoms with Crippen LogP contribution in [-0.4, -0.2) is 64.3 Å². The van der Waals surface area contributed by atoms with E-state index < -0.39 is 0 Å². The van der Waals surface area contributed by atoms with E-state index in [2.05, 4.69) is 15.6 Å². The number of aliphatic imine (C=N–C) groups is 1. The molecule has 8 heteroatoms. The summed E-state index contributed by atoms with van der Waals surface area (Å²) in [6.45, 7) is 2.59. The third-order valence-corrected chi connectivity index (χ3v) is 4.07. The molecule has 1 amide bonds. The highest BCUT2D eigenvalue weighted by Gasteiger charge is 2.16. The summed E-state index contributed by atoms with van der Waals surface area (Å²) in [5.41, 5.74) is 0.686. The van der Waals surface area contributed by atoms with Crippen molar-refractivity contribution >= 4 is 11.9 Å². The molecule has 1 aliphatic rings. The Bertz CT molecular complexity index is 631. The number of nitrogens with zero attached hydrogens (tertiary/aromatic N) is 2. The lowest BCUT2D eigenvalue weighted by Gasteiger charge is -2.16. The quantitative estimate of drug-likeness (QED) is 0.556. The van der Waals surface area contributed by atoms with Gasteiger partial charge in [-0.15, -0.1) is 0 Å². The number of halogens is 1. The highest BCUT2D eigenvalue weighted by atomic mass is 19.1. The normalized spacial score (nSPS) is 17.1. The van der Waals surface area contributed by atoms with Crippen LogP contribution in [0.15, 0.2) is 23.2 Å². The largest absolute Gasteiger partial charge is 0.497 e. The molecule has 2 N–H and O–H groups in total. The predicted molar refractivity (Wildman–Crippen MR) is 97.7 cm³/mol. The van der Waals surface area contributed by atoms with Crippen molar-refractivity contribution in [1.82, 2.24) is 15.5 Å². The van der Waals surface area contributed by atoms with Gasteiger partial charge in [-0.2, -0.15) is 0 Å². The molecule has 0 bridgehead atoms. The van der Waals surface area contributed by atoms with E-state index in [1.165, 1.54) is 24.1 Å². The predicted octanol–water partition coefficient (Wildman–Crippen LogP) is 0.994. The van der Waals surface area contributed by atoms with Gasteiger partial charge in [0.25, 0.3) is 0 Å². The van der Waals surface area contributed by atoms with Crippen LogP contribution >= 0.6 is 0 Å². The summed E-state index contributed by atoms with van der Waals surface area (Å²) >= 11 is 0. The molecule has 0 radical (unpaired) electrons. The first kappa shape index (κ1) is 20.0. The Balaban J connectivity index is 2.01. The van der Waals surface area contributed by atoms with Gasteiger partial charge in [0.2, 0.25) is 5.91 Å². The summed E-state index contributed by atoms with van der Waals surface area (Å²) < 4.78 is 24.1. The Labute approximate surface area is 153 Å². The maximum Gasteiger partial charge on any atom is 0.241 e. The van der Waals surface area contributed by atoms with Gasteiger partial charge in [-0.3, -0.25) is 4.79 Å². The summed E-state index contributed by atoms with van der Waals surface area (Å²) in [6, 6.07) is 4.47. The van der Waals surface area contributed by atoms with Gasteiger partial charge in [-0.25, -0.2) is 9.38 Å². The fourth-order valence-electron chi connectivity index (χ4n) is 2.48. The Morgan fingerprint density at radius 3 is 2.85 bits per heavy atom. The van der Waals surface area contributed by atoms with Crippen molar-refractivity contribution in [2.45, 2.75) is 13.0 Å². The molecule has 26 heavy (non-hydrogen) atoms. The zero-order valence-corrected chi connectivity index (χ0v) is 15.5. The summed E-state index contributed by atoms with van der Waals surface area (Å²) in [6.07, 6.45) is 0.998. The maximum atomic E-state index is 13.6. The molecular weight excluding hydrogens is 339 g/mol. The van der Waals surface area contributed by atoms with Crippen molar-refractivity contribution in [3.05, 3.63) is 29.6 Å². The van der Waals surface area contributed by atoms with Crippen molar-refractivity contribution < 1.29 is 18.7 Å². The van der Waals surface area contributed by atoms with Gasteiger partial charge in [0, 0.05) is 39.2 Å². The lowest BCUT2D eigenvalue weighted by atomic mass is 10.1. The number of benzene rings is 1. The molecule has 1 saturated heterocycles. The van der Waals surface area contributed by atoms with E-state index >= 15 is 0 Å². The monoisotopic (exact) mass is 366 g/mol. The van der Waals surface area contributed by atoms with E-state index in [4.69, 9.17) is 9.47 Å². The second-order valence-corrected chi connectivity index (χ2v) is 6.42. The zero-order chi connectivity index (χ0) is 18.9. The number of hydrogen-bond donors (Lipinski definition) is 2. The smallest absolute Gasteiger partial charge is 0.241 e. The van der Waals surface area contributed by atoms with Gasteiger partial charge in [-0.1, -0.05) is 0 Å². The first-order valence-electron chi connectivity index (χ1n) is 8.61. The number of ether oxygens (including phenoxy) is 2. The molecule has 1 heterocycles. The van der Waals surface area contributed by atoms with E-state index in [9.17, 15) is 9.18 Å². The number of amides is 1. The summed E-state index contributed by atoms with van der Waals surface area (Å²) in [4.78, 5) is 17.8. The Morgan fingerprint density at radius 2 is 2.19 bits per heavy atom. The SMILES string of the molecule is COc1cc(F)cc(CN=C(NCC(=O)N(C)C)NCC2CCOC2)c1. The van der Waals surface area contributed by atoms with Gasteiger partial charge < -0.3 is 25.0 Å². The maximum absolute atomic E-state index is 13.6. The molecule has 2 rings (SSSR count). The second kappa shape index (κ2) is 9.96. The minimum atomic E-state index is -0.372. The molecule has 7 nitrogen and oxygen atoms in total.